The summed E-state index contributed by atoms with van der Waals surface area (Å²) in [6, 6.07) is 6.49. The smallest absolute Gasteiger partial charge is 0.243 e. The number of benzene rings is 1. The van der Waals surface area contributed by atoms with E-state index in [-0.39, 0.29) is 24.3 Å². The number of hydrogen-bond acceptors (Lipinski definition) is 5. The van der Waals surface area contributed by atoms with Gasteiger partial charge in [-0.3, -0.25) is 9.59 Å². The molecule has 1 aromatic heterocycles. The van der Waals surface area contributed by atoms with Gasteiger partial charge < -0.3 is 20.8 Å². The zero-order chi connectivity index (χ0) is 16.8. The molecule has 1 heterocycles. The van der Waals surface area contributed by atoms with Crippen LogP contribution < -0.4 is 16.4 Å². The first-order chi connectivity index (χ1) is 11.0. The Kier molecular flexibility index (Phi) is 5.48. The largest absolute Gasteiger partial charge is 0.444 e. The maximum Gasteiger partial charge on any atom is 0.243 e. The van der Waals surface area contributed by atoms with Crippen LogP contribution >= 0.6 is 0 Å². The van der Waals surface area contributed by atoms with Crippen LogP contribution in [0.15, 0.2) is 41.3 Å². The fourth-order valence-electron chi connectivity index (χ4n) is 1.87. The summed E-state index contributed by atoms with van der Waals surface area (Å²) in [7, 11) is 0. The van der Waals surface area contributed by atoms with E-state index in [1.807, 2.05) is 26.0 Å². The summed E-state index contributed by atoms with van der Waals surface area (Å²) in [5, 5.41) is 5.22. The number of anilines is 1. The van der Waals surface area contributed by atoms with E-state index in [1.54, 1.807) is 18.3 Å². The standard InChI is InChI=1S/C16H20N4O3/c1-10(2)15(17)16(22)19-8-14(21)20-12-5-3-11(4-6-12)13-7-18-9-23-13/h3-7,9-10,15H,8,17H2,1-2H3,(H,19,22)(H,20,21)/t15-/m0/s1. The average Bonchev–Trinajstić information content (AvgIpc) is 3.07. The Labute approximate surface area is 134 Å². The summed E-state index contributed by atoms with van der Waals surface area (Å²) in [6.45, 7) is 3.57. The predicted octanol–water partition coefficient (Wildman–Crippen LogP) is 1.38. The van der Waals surface area contributed by atoms with E-state index in [9.17, 15) is 9.59 Å². The number of rotatable bonds is 6. The summed E-state index contributed by atoms with van der Waals surface area (Å²) in [6.07, 6.45) is 2.97. The number of carbonyl (C=O) groups is 2. The molecule has 0 bridgehead atoms. The summed E-state index contributed by atoms with van der Waals surface area (Å²) in [5.74, 6) is 0.0112. The lowest BCUT2D eigenvalue weighted by molar-refractivity contribution is -0.125. The van der Waals surface area contributed by atoms with Crippen molar-refractivity contribution in [2.75, 3.05) is 11.9 Å². The Balaban J connectivity index is 1.85. The van der Waals surface area contributed by atoms with E-state index >= 15 is 0 Å². The van der Waals surface area contributed by atoms with Gasteiger partial charge in [0, 0.05) is 11.3 Å². The second-order valence-electron chi connectivity index (χ2n) is 5.48. The molecule has 0 fully saturated rings. The summed E-state index contributed by atoms with van der Waals surface area (Å²) in [5.41, 5.74) is 7.19. The molecule has 7 heteroatoms. The van der Waals surface area contributed by atoms with Crippen LogP contribution in [-0.2, 0) is 9.59 Å². The van der Waals surface area contributed by atoms with Crippen LogP contribution in [0, 0.1) is 5.92 Å². The third kappa shape index (κ3) is 4.65. The van der Waals surface area contributed by atoms with Gasteiger partial charge in [0.15, 0.2) is 12.2 Å². The van der Waals surface area contributed by atoms with Gasteiger partial charge in [0.2, 0.25) is 11.8 Å². The molecule has 122 valence electrons. The van der Waals surface area contributed by atoms with Crippen LogP contribution in [0.5, 0.6) is 0 Å². The predicted molar refractivity (Wildman–Crippen MR) is 86.4 cm³/mol. The topological polar surface area (TPSA) is 110 Å². The van der Waals surface area contributed by atoms with Crippen LogP contribution in [0.1, 0.15) is 13.8 Å². The third-order valence-corrected chi connectivity index (χ3v) is 3.33. The molecule has 0 aliphatic rings. The maximum absolute atomic E-state index is 11.8. The van der Waals surface area contributed by atoms with E-state index in [4.69, 9.17) is 10.2 Å². The number of hydrogen-bond donors (Lipinski definition) is 3. The number of amides is 2. The Morgan fingerprint density at radius 2 is 1.96 bits per heavy atom. The summed E-state index contributed by atoms with van der Waals surface area (Å²) < 4.78 is 5.19. The van der Waals surface area contributed by atoms with E-state index in [0.717, 1.165) is 5.56 Å². The highest BCUT2D eigenvalue weighted by Gasteiger charge is 2.17. The molecule has 0 aliphatic carbocycles. The molecule has 1 atom stereocenters. The highest BCUT2D eigenvalue weighted by Crippen LogP contribution is 2.20. The highest BCUT2D eigenvalue weighted by atomic mass is 16.3. The Morgan fingerprint density at radius 3 is 2.52 bits per heavy atom. The first kappa shape index (κ1) is 16.7. The molecule has 0 saturated carbocycles. The van der Waals surface area contributed by atoms with E-state index < -0.39 is 6.04 Å². The Morgan fingerprint density at radius 1 is 1.26 bits per heavy atom. The molecule has 0 aliphatic heterocycles. The quantitative estimate of drug-likeness (QED) is 0.745. The van der Waals surface area contributed by atoms with Crippen molar-refractivity contribution in [2.45, 2.75) is 19.9 Å². The first-order valence-corrected chi connectivity index (χ1v) is 7.29. The van der Waals surface area contributed by atoms with Gasteiger partial charge in [-0.05, 0) is 30.2 Å². The van der Waals surface area contributed by atoms with E-state index in [1.165, 1.54) is 6.39 Å². The molecule has 7 nitrogen and oxygen atoms in total. The molecule has 0 radical (unpaired) electrons. The van der Waals surface area contributed by atoms with Crippen LogP contribution in [0.2, 0.25) is 0 Å². The first-order valence-electron chi connectivity index (χ1n) is 7.29. The van der Waals surface area contributed by atoms with Gasteiger partial charge in [0.05, 0.1) is 18.8 Å². The second kappa shape index (κ2) is 7.55. The van der Waals surface area contributed by atoms with Gasteiger partial charge in [-0.25, -0.2) is 4.98 Å². The minimum atomic E-state index is -0.621. The van der Waals surface area contributed by atoms with Crippen LogP contribution in [0.3, 0.4) is 0 Å². The number of nitrogens with zero attached hydrogens (tertiary/aromatic N) is 1. The Bertz CT molecular complexity index is 650. The van der Waals surface area contributed by atoms with Crippen molar-refractivity contribution in [2.24, 2.45) is 11.7 Å². The van der Waals surface area contributed by atoms with Gasteiger partial charge in [-0.2, -0.15) is 0 Å². The van der Waals surface area contributed by atoms with Crippen molar-refractivity contribution in [3.63, 3.8) is 0 Å². The minimum absolute atomic E-state index is 0.0155. The Hall–Kier alpha value is -2.67. The van der Waals surface area contributed by atoms with Crippen LogP contribution in [-0.4, -0.2) is 29.4 Å². The molecule has 2 aromatic rings. The van der Waals surface area contributed by atoms with Crippen molar-refractivity contribution in [1.82, 2.24) is 10.3 Å². The number of aromatic nitrogens is 1. The summed E-state index contributed by atoms with van der Waals surface area (Å²) >= 11 is 0. The zero-order valence-corrected chi connectivity index (χ0v) is 13.1. The maximum atomic E-state index is 11.8. The van der Waals surface area contributed by atoms with E-state index in [0.29, 0.717) is 11.4 Å². The molecule has 0 spiro atoms. The van der Waals surface area contributed by atoms with Crippen LogP contribution in [0.25, 0.3) is 11.3 Å². The number of nitrogens with one attached hydrogen (secondary N) is 2. The van der Waals surface area contributed by atoms with Gasteiger partial charge in [-0.1, -0.05) is 13.8 Å². The normalized spacial score (nSPS) is 12.0. The number of oxazole rings is 1. The number of carbonyl (C=O) groups excluding carboxylic acids is 2. The lowest BCUT2D eigenvalue weighted by atomic mass is 10.1. The average molecular weight is 316 g/mol. The zero-order valence-electron chi connectivity index (χ0n) is 13.1. The molecular formula is C16H20N4O3. The molecule has 1 aromatic carbocycles. The van der Waals surface area contributed by atoms with Gasteiger partial charge in [0.1, 0.15) is 0 Å². The lowest BCUT2D eigenvalue weighted by Crippen LogP contribution is -2.46. The highest BCUT2D eigenvalue weighted by molar-refractivity contribution is 5.95. The van der Waals surface area contributed by atoms with Crippen molar-refractivity contribution in [3.8, 4) is 11.3 Å². The van der Waals surface area contributed by atoms with Crippen LogP contribution in [0.4, 0.5) is 5.69 Å². The summed E-state index contributed by atoms with van der Waals surface area (Å²) in [4.78, 5) is 27.4. The molecule has 2 rings (SSSR count). The van der Waals surface area contributed by atoms with Crippen molar-refractivity contribution in [3.05, 3.63) is 36.9 Å². The molecule has 4 N–H and O–H groups in total. The van der Waals surface area contributed by atoms with Crippen molar-refractivity contribution in [1.29, 1.82) is 0 Å². The minimum Gasteiger partial charge on any atom is -0.444 e. The lowest BCUT2D eigenvalue weighted by Gasteiger charge is -2.15. The van der Waals surface area contributed by atoms with Gasteiger partial charge >= 0.3 is 0 Å². The second-order valence-corrected chi connectivity index (χ2v) is 5.48. The van der Waals surface area contributed by atoms with Crippen molar-refractivity contribution >= 4 is 17.5 Å². The monoisotopic (exact) mass is 316 g/mol. The van der Waals surface area contributed by atoms with Crippen molar-refractivity contribution < 1.29 is 14.0 Å². The SMILES string of the molecule is CC(C)[C@H](N)C(=O)NCC(=O)Nc1ccc(-c2cnco2)cc1. The molecule has 0 saturated heterocycles. The fourth-order valence-corrected chi connectivity index (χ4v) is 1.87. The molecule has 0 unspecified atom stereocenters. The number of nitrogens with two attached hydrogens (primary N) is 1. The van der Waals surface area contributed by atoms with E-state index in [2.05, 4.69) is 15.6 Å². The molecular weight excluding hydrogens is 296 g/mol. The third-order valence-electron chi connectivity index (χ3n) is 3.33. The van der Waals surface area contributed by atoms with Gasteiger partial charge in [-0.15, -0.1) is 0 Å². The van der Waals surface area contributed by atoms with Gasteiger partial charge in [0.25, 0.3) is 0 Å². The molecule has 2 amide bonds. The molecule has 23 heavy (non-hydrogen) atoms. The fraction of sp³-hybridized carbons (Fsp3) is 0.312.